The zero-order valence-corrected chi connectivity index (χ0v) is 18.6. The molecule has 1 aromatic heterocycles. The highest BCUT2D eigenvalue weighted by Gasteiger charge is 2.11. The number of hydrogen-bond donors (Lipinski definition) is 3. The second-order valence-corrected chi connectivity index (χ2v) is 7.80. The van der Waals surface area contributed by atoms with Gasteiger partial charge in [0.15, 0.2) is 0 Å². The summed E-state index contributed by atoms with van der Waals surface area (Å²) in [4.78, 5) is 28.0. The molecule has 1 atom stereocenters. The van der Waals surface area contributed by atoms with Crippen molar-refractivity contribution in [2.24, 2.45) is 0 Å². The van der Waals surface area contributed by atoms with Crippen LogP contribution in [-0.4, -0.2) is 36.2 Å². The number of halogens is 3. The van der Waals surface area contributed by atoms with Crippen LogP contribution in [0.1, 0.15) is 18.9 Å². The van der Waals surface area contributed by atoms with Gasteiger partial charge in [0.1, 0.15) is 24.1 Å². The van der Waals surface area contributed by atoms with E-state index in [1.54, 1.807) is 12.1 Å². The van der Waals surface area contributed by atoms with Gasteiger partial charge in [0.2, 0.25) is 5.91 Å². The van der Waals surface area contributed by atoms with Crippen molar-refractivity contribution in [3.05, 3.63) is 70.9 Å². The average Bonchev–Trinajstić information content (AvgIpc) is 2.76. The average molecular weight is 477 g/mol. The SMILES string of the molecule is CC(CC(=O)NCCOC(=O)Nc1cc2cc(F)ccc2cn1)NCc1ccc(F)cc1Cl. The molecule has 33 heavy (non-hydrogen) atoms. The summed E-state index contributed by atoms with van der Waals surface area (Å²) >= 11 is 5.99. The molecule has 3 N–H and O–H groups in total. The van der Waals surface area contributed by atoms with E-state index in [2.05, 4.69) is 20.9 Å². The first-order valence-corrected chi connectivity index (χ1v) is 10.6. The van der Waals surface area contributed by atoms with Crippen molar-refractivity contribution in [3.8, 4) is 0 Å². The third kappa shape index (κ3) is 7.65. The Balaban J connectivity index is 1.33. The summed E-state index contributed by atoms with van der Waals surface area (Å²) in [5.74, 6) is -0.788. The van der Waals surface area contributed by atoms with Crippen LogP contribution in [0.15, 0.2) is 48.7 Å². The highest BCUT2D eigenvalue weighted by Crippen LogP contribution is 2.18. The van der Waals surface area contributed by atoms with Crippen molar-refractivity contribution in [1.82, 2.24) is 15.6 Å². The van der Waals surface area contributed by atoms with Crippen LogP contribution in [-0.2, 0) is 16.1 Å². The van der Waals surface area contributed by atoms with E-state index in [-0.39, 0.29) is 43.2 Å². The Morgan fingerprint density at radius 1 is 1.09 bits per heavy atom. The van der Waals surface area contributed by atoms with Gasteiger partial charge in [-0.05, 0) is 54.3 Å². The molecule has 3 aromatic rings. The number of amides is 2. The van der Waals surface area contributed by atoms with Gasteiger partial charge in [-0.2, -0.15) is 0 Å². The molecule has 0 aliphatic carbocycles. The van der Waals surface area contributed by atoms with E-state index >= 15 is 0 Å². The molecule has 0 radical (unpaired) electrons. The number of hydrogen-bond acceptors (Lipinski definition) is 5. The van der Waals surface area contributed by atoms with Crippen LogP contribution in [0.25, 0.3) is 10.8 Å². The van der Waals surface area contributed by atoms with Crippen molar-refractivity contribution in [2.75, 3.05) is 18.5 Å². The summed E-state index contributed by atoms with van der Waals surface area (Å²) in [6, 6.07) is 9.80. The number of carbonyl (C=O) groups excluding carboxylic acids is 2. The Kier molecular flexibility index (Phi) is 8.51. The summed E-state index contributed by atoms with van der Waals surface area (Å²) < 4.78 is 31.5. The molecule has 2 aromatic carbocycles. The molecule has 174 valence electrons. The van der Waals surface area contributed by atoms with Gasteiger partial charge in [-0.15, -0.1) is 0 Å². The smallest absolute Gasteiger partial charge is 0.412 e. The van der Waals surface area contributed by atoms with Crippen LogP contribution in [0.5, 0.6) is 0 Å². The number of anilines is 1. The van der Waals surface area contributed by atoms with E-state index in [9.17, 15) is 18.4 Å². The maximum Gasteiger partial charge on any atom is 0.412 e. The second-order valence-electron chi connectivity index (χ2n) is 7.39. The molecule has 2 amide bonds. The Morgan fingerprint density at radius 2 is 1.85 bits per heavy atom. The van der Waals surface area contributed by atoms with Gasteiger partial charge in [-0.1, -0.05) is 17.7 Å². The Hall–Kier alpha value is -3.30. The van der Waals surface area contributed by atoms with Crippen LogP contribution in [0.3, 0.4) is 0 Å². The molecule has 0 fully saturated rings. The maximum absolute atomic E-state index is 13.3. The Morgan fingerprint density at radius 3 is 2.64 bits per heavy atom. The molecule has 1 unspecified atom stereocenters. The third-order valence-electron chi connectivity index (χ3n) is 4.72. The molecule has 0 aliphatic heterocycles. The molecule has 7 nitrogen and oxygen atoms in total. The van der Waals surface area contributed by atoms with E-state index in [1.165, 1.54) is 36.5 Å². The number of benzene rings is 2. The monoisotopic (exact) mass is 476 g/mol. The van der Waals surface area contributed by atoms with Crippen molar-refractivity contribution in [3.63, 3.8) is 0 Å². The minimum absolute atomic E-state index is 0.0349. The first kappa shape index (κ1) is 24.3. The highest BCUT2D eigenvalue weighted by molar-refractivity contribution is 6.31. The van der Waals surface area contributed by atoms with E-state index in [4.69, 9.17) is 16.3 Å². The quantitative estimate of drug-likeness (QED) is 0.398. The lowest BCUT2D eigenvalue weighted by Crippen LogP contribution is -2.35. The lowest BCUT2D eigenvalue weighted by atomic mass is 10.2. The van der Waals surface area contributed by atoms with Crippen molar-refractivity contribution < 1.29 is 23.1 Å². The molecule has 10 heteroatoms. The summed E-state index contributed by atoms with van der Waals surface area (Å²) in [5.41, 5.74) is 0.732. The minimum atomic E-state index is -0.737. The van der Waals surface area contributed by atoms with Gasteiger partial charge >= 0.3 is 6.09 Å². The van der Waals surface area contributed by atoms with Gasteiger partial charge in [-0.25, -0.2) is 18.6 Å². The molecule has 0 saturated heterocycles. The lowest BCUT2D eigenvalue weighted by molar-refractivity contribution is -0.121. The standard InChI is InChI=1S/C23H23ClF2N4O3/c1-14(28-13-16-3-5-19(26)11-20(16)24)8-22(31)27-6-7-33-23(32)30-21-10-17-9-18(25)4-2-15(17)12-29-21/h2-5,9-12,14,28H,6-8,13H2,1H3,(H,27,31)(H,29,30,32). The van der Waals surface area contributed by atoms with Gasteiger partial charge < -0.3 is 15.4 Å². The van der Waals surface area contributed by atoms with Crippen molar-refractivity contribution in [2.45, 2.75) is 25.9 Å². The first-order chi connectivity index (χ1) is 15.8. The number of nitrogens with zero attached hydrogens (tertiary/aromatic N) is 1. The fourth-order valence-electron chi connectivity index (χ4n) is 3.03. The zero-order valence-electron chi connectivity index (χ0n) is 17.8. The van der Waals surface area contributed by atoms with Crippen molar-refractivity contribution in [1.29, 1.82) is 0 Å². The molecule has 0 spiro atoms. The number of fused-ring (bicyclic) bond motifs is 1. The molecule has 0 bridgehead atoms. The predicted molar refractivity (Wildman–Crippen MR) is 122 cm³/mol. The molecule has 1 heterocycles. The van der Waals surface area contributed by atoms with Gasteiger partial charge in [-0.3, -0.25) is 10.1 Å². The Bertz CT molecular complexity index is 1150. The van der Waals surface area contributed by atoms with Crippen LogP contribution in [0.2, 0.25) is 5.02 Å². The van der Waals surface area contributed by atoms with Gasteiger partial charge in [0, 0.05) is 35.6 Å². The fourth-order valence-corrected chi connectivity index (χ4v) is 3.26. The number of rotatable bonds is 9. The summed E-state index contributed by atoms with van der Waals surface area (Å²) in [6.07, 6.45) is 0.977. The van der Waals surface area contributed by atoms with E-state index in [0.717, 1.165) is 10.9 Å². The van der Waals surface area contributed by atoms with Crippen molar-refractivity contribution >= 4 is 40.2 Å². The van der Waals surface area contributed by atoms with E-state index in [1.807, 2.05) is 6.92 Å². The summed E-state index contributed by atoms with van der Waals surface area (Å²) in [6.45, 7) is 2.33. The Labute approximate surface area is 194 Å². The van der Waals surface area contributed by atoms with E-state index in [0.29, 0.717) is 17.0 Å². The molecule has 3 rings (SSSR count). The lowest BCUT2D eigenvalue weighted by Gasteiger charge is -2.14. The minimum Gasteiger partial charge on any atom is -0.447 e. The maximum atomic E-state index is 13.3. The van der Waals surface area contributed by atoms with Gasteiger partial charge in [0.05, 0.1) is 6.54 Å². The van der Waals surface area contributed by atoms with E-state index < -0.39 is 11.9 Å². The molecule has 0 aliphatic rings. The zero-order chi connectivity index (χ0) is 23.8. The summed E-state index contributed by atoms with van der Waals surface area (Å²) in [5, 5.41) is 9.93. The third-order valence-corrected chi connectivity index (χ3v) is 5.07. The largest absolute Gasteiger partial charge is 0.447 e. The topological polar surface area (TPSA) is 92.3 Å². The number of aromatic nitrogens is 1. The van der Waals surface area contributed by atoms with Crippen LogP contribution in [0, 0.1) is 11.6 Å². The number of carbonyl (C=O) groups is 2. The number of pyridine rings is 1. The van der Waals surface area contributed by atoms with Crippen LogP contribution in [0.4, 0.5) is 19.4 Å². The van der Waals surface area contributed by atoms with Crippen LogP contribution >= 0.6 is 11.6 Å². The van der Waals surface area contributed by atoms with Gasteiger partial charge in [0.25, 0.3) is 0 Å². The highest BCUT2D eigenvalue weighted by atomic mass is 35.5. The number of nitrogens with one attached hydrogen (secondary N) is 3. The number of ether oxygens (including phenoxy) is 1. The molecular weight excluding hydrogens is 454 g/mol. The molecular formula is C23H23ClF2N4O3. The van der Waals surface area contributed by atoms with Crippen LogP contribution < -0.4 is 16.0 Å². The fraction of sp³-hybridized carbons (Fsp3) is 0.261. The summed E-state index contributed by atoms with van der Waals surface area (Å²) in [7, 11) is 0. The normalized spacial score (nSPS) is 11.8. The molecule has 0 saturated carbocycles. The predicted octanol–water partition coefficient (Wildman–Crippen LogP) is 4.40. The second kappa shape index (κ2) is 11.5. The first-order valence-electron chi connectivity index (χ1n) is 10.2.